The van der Waals surface area contributed by atoms with Gasteiger partial charge in [-0.25, -0.2) is 4.98 Å². The number of hydrogen-bond acceptors (Lipinski definition) is 5. The van der Waals surface area contributed by atoms with E-state index in [1.165, 1.54) is 4.88 Å². The first kappa shape index (κ1) is 10.7. The maximum Gasteiger partial charge on any atom is 0.253 e. The van der Waals surface area contributed by atoms with Crippen LogP contribution >= 0.6 is 23.1 Å². The van der Waals surface area contributed by atoms with E-state index in [9.17, 15) is 0 Å². The van der Waals surface area contributed by atoms with Crippen molar-refractivity contribution in [3.63, 3.8) is 0 Å². The van der Waals surface area contributed by atoms with E-state index >= 15 is 0 Å². The average Bonchev–Trinajstić information content (AvgIpc) is 2.97. The number of thiophene rings is 1. The first-order valence-corrected chi connectivity index (χ1v) is 7.13. The zero-order chi connectivity index (χ0) is 11.7. The third-order valence-electron chi connectivity index (χ3n) is 2.27. The Morgan fingerprint density at radius 2 is 2.35 bits per heavy atom. The summed E-state index contributed by atoms with van der Waals surface area (Å²) in [5.74, 6) is 1.62. The molecule has 0 aromatic carbocycles. The van der Waals surface area contributed by atoms with Crippen molar-refractivity contribution in [3.05, 3.63) is 29.8 Å². The Hall–Kier alpha value is -1.40. The van der Waals surface area contributed by atoms with Crippen LogP contribution in [0.5, 0.6) is 0 Å². The number of aromatic nitrogens is 4. The predicted octanol–water partition coefficient (Wildman–Crippen LogP) is 2.96. The van der Waals surface area contributed by atoms with Gasteiger partial charge < -0.3 is 0 Å². The molecule has 17 heavy (non-hydrogen) atoms. The van der Waals surface area contributed by atoms with Crippen molar-refractivity contribution < 1.29 is 0 Å². The van der Waals surface area contributed by atoms with Crippen LogP contribution in [0.2, 0.25) is 0 Å². The van der Waals surface area contributed by atoms with Crippen LogP contribution < -0.4 is 0 Å². The minimum Gasteiger partial charge on any atom is -0.220 e. The van der Waals surface area contributed by atoms with Crippen LogP contribution in [0.4, 0.5) is 0 Å². The predicted molar refractivity (Wildman–Crippen MR) is 70.5 cm³/mol. The Morgan fingerprint density at radius 3 is 3.12 bits per heavy atom. The summed E-state index contributed by atoms with van der Waals surface area (Å²) in [7, 11) is 0. The first-order valence-electron chi connectivity index (χ1n) is 5.27. The highest BCUT2D eigenvalue weighted by Gasteiger charge is 2.09. The maximum atomic E-state index is 4.47. The largest absolute Gasteiger partial charge is 0.253 e. The molecule has 0 spiro atoms. The second-order valence-corrected chi connectivity index (χ2v) is 5.53. The molecule has 0 saturated heterocycles. The van der Waals surface area contributed by atoms with Crippen LogP contribution in [0.3, 0.4) is 0 Å². The molecule has 86 valence electrons. The monoisotopic (exact) mass is 262 g/mol. The summed E-state index contributed by atoms with van der Waals surface area (Å²) in [5, 5.41) is 7.31. The van der Waals surface area contributed by atoms with E-state index in [-0.39, 0.29) is 0 Å². The summed E-state index contributed by atoms with van der Waals surface area (Å²) in [6.45, 7) is 2.09. The second kappa shape index (κ2) is 4.46. The lowest BCUT2D eigenvalue weighted by Gasteiger charge is -1.98. The molecular weight excluding hydrogens is 252 g/mol. The average molecular weight is 262 g/mol. The lowest BCUT2D eigenvalue weighted by molar-refractivity contribution is 0.888. The van der Waals surface area contributed by atoms with Gasteiger partial charge in [0.25, 0.3) is 5.78 Å². The molecule has 6 heteroatoms. The quantitative estimate of drug-likeness (QED) is 0.681. The van der Waals surface area contributed by atoms with Crippen molar-refractivity contribution in [2.45, 2.75) is 12.1 Å². The molecule has 0 N–H and O–H groups in total. The van der Waals surface area contributed by atoms with Crippen molar-refractivity contribution in [2.24, 2.45) is 0 Å². The van der Waals surface area contributed by atoms with Crippen molar-refractivity contribution >= 4 is 28.9 Å². The van der Waals surface area contributed by atoms with Gasteiger partial charge in [0.1, 0.15) is 0 Å². The summed E-state index contributed by atoms with van der Waals surface area (Å²) in [4.78, 5) is 9.79. The van der Waals surface area contributed by atoms with Gasteiger partial charge in [0.05, 0.1) is 10.6 Å². The minimum atomic E-state index is 0.659. The Kier molecular flexibility index (Phi) is 2.82. The fourth-order valence-corrected chi connectivity index (χ4v) is 2.86. The van der Waals surface area contributed by atoms with Gasteiger partial charge in [-0.1, -0.05) is 24.8 Å². The van der Waals surface area contributed by atoms with Crippen LogP contribution in [0.25, 0.3) is 16.3 Å². The lowest BCUT2D eigenvalue weighted by Crippen LogP contribution is -1.94. The van der Waals surface area contributed by atoms with E-state index in [1.807, 2.05) is 16.6 Å². The van der Waals surface area contributed by atoms with Gasteiger partial charge in [-0.3, -0.25) is 0 Å². The number of fused-ring (bicyclic) bond motifs is 1. The molecule has 0 aliphatic carbocycles. The standard InChI is InChI=1S/C11H10N4S2/c1-2-16-11-13-10-12-6-5-8(15(10)14-11)9-4-3-7-17-9/h3-7H,2H2,1H3. The van der Waals surface area contributed by atoms with E-state index in [4.69, 9.17) is 0 Å². The van der Waals surface area contributed by atoms with Crippen LogP contribution in [0.1, 0.15) is 6.92 Å². The van der Waals surface area contributed by atoms with E-state index in [2.05, 4.69) is 33.4 Å². The first-order chi connectivity index (χ1) is 8.38. The van der Waals surface area contributed by atoms with Gasteiger partial charge in [-0.05, 0) is 23.3 Å². The van der Waals surface area contributed by atoms with Gasteiger partial charge in [-0.15, -0.1) is 16.4 Å². The van der Waals surface area contributed by atoms with Crippen LogP contribution in [0, 0.1) is 0 Å². The zero-order valence-corrected chi connectivity index (χ0v) is 10.8. The zero-order valence-electron chi connectivity index (χ0n) is 9.20. The molecule has 0 bridgehead atoms. The molecule has 3 aromatic heterocycles. The van der Waals surface area contributed by atoms with E-state index in [0.717, 1.165) is 16.6 Å². The molecule has 0 atom stereocenters. The molecule has 0 aliphatic rings. The van der Waals surface area contributed by atoms with E-state index < -0.39 is 0 Å². The van der Waals surface area contributed by atoms with Crippen molar-refractivity contribution in [3.8, 4) is 10.6 Å². The topological polar surface area (TPSA) is 43.1 Å². The third kappa shape index (κ3) is 1.94. The SMILES string of the molecule is CCSc1nc2nccc(-c3cccs3)n2n1. The number of rotatable bonds is 3. The smallest absolute Gasteiger partial charge is 0.220 e. The Bertz CT molecular complexity index is 630. The maximum absolute atomic E-state index is 4.47. The molecule has 3 aromatic rings. The molecule has 3 heterocycles. The van der Waals surface area contributed by atoms with Gasteiger partial charge in [0.2, 0.25) is 5.16 Å². The van der Waals surface area contributed by atoms with Gasteiger partial charge in [0.15, 0.2) is 0 Å². The summed E-state index contributed by atoms with van der Waals surface area (Å²) in [6, 6.07) is 6.08. The minimum absolute atomic E-state index is 0.659. The summed E-state index contributed by atoms with van der Waals surface area (Å²) < 4.78 is 1.81. The number of hydrogen-bond donors (Lipinski definition) is 0. The van der Waals surface area contributed by atoms with Crippen molar-refractivity contribution in [1.82, 2.24) is 19.6 Å². The fourth-order valence-electron chi connectivity index (χ4n) is 1.58. The molecule has 0 radical (unpaired) electrons. The van der Waals surface area contributed by atoms with Crippen LogP contribution in [-0.2, 0) is 0 Å². The normalized spacial score (nSPS) is 11.1. The van der Waals surface area contributed by atoms with Crippen LogP contribution in [-0.4, -0.2) is 25.3 Å². The highest BCUT2D eigenvalue weighted by molar-refractivity contribution is 7.99. The third-order valence-corrected chi connectivity index (χ3v) is 3.88. The number of thioether (sulfide) groups is 1. The summed E-state index contributed by atoms with van der Waals surface area (Å²) in [6.07, 6.45) is 1.78. The molecular formula is C11H10N4S2. The highest BCUT2D eigenvalue weighted by Crippen LogP contribution is 2.25. The van der Waals surface area contributed by atoms with Gasteiger partial charge >= 0.3 is 0 Å². The van der Waals surface area contributed by atoms with E-state index in [0.29, 0.717) is 5.78 Å². The fraction of sp³-hybridized carbons (Fsp3) is 0.182. The van der Waals surface area contributed by atoms with Crippen molar-refractivity contribution in [1.29, 1.82) is 0 Å². The number of nitrogens with zero attached hydrogens (tertiary/aromatic N) is 4. The molecule has 0 amide bonds. The molecule has 0 aliphatic heterocycles. The summed E-state index contributed by atoms with van der Waals surface area (Å²) in [5.41, 5.74) is 1.04. The van der Waals surface area contributed by atoms with Gasteiger partial charge in [-0.2, -0.15) is 9.50 Å². The van der Waals surface area contributed by atoms with E-state index in [1.54, 1.807) is 29.3 Å². The summed E-state index contributed by atoms with van der Waals surface area (Å²) >= 11 is 3.32. The Balaban J connectivity index is 2.18. The molecule has 4 nitrogen and oxygen atoms in total. The highest BCUT2D eigenvalue weighted by atomic mass is 32.2. The van der Waals surface area contributed by atoms with Crippen molar-refractivity contribution in [2.75, 3.05) is 5.75 Å². The lowest BCUT2D eigenvalue weighted by atomic mass is 10.3. The molecule has 3 rings (SSSR count). The Labute approximate surface area is 107 Å². The Morgan fingerprint density at radius 1 is 1.41 bits per heavy atom. The molecule has 0 saturated carbocycles. The van der Waals surface area contributed by atoms with Gasteiger partial charge in [0, 0.05) is 6.20 Å². The molecule has 0 unspecified atom stereocenters. The second-order valence-electron chi connectivity index (χ2n) is 3.35. The molecule has 0 fully saturated rings. The van der Waals surface area contributed by atoms with Crippen LogP contribution in [0.15, 0.2) is 34.9 Å².